The predicted octanol–water partition coefficient (Wildman–Crippen LogP) is 1.18. The van der Waals surface area contributed by atoms with Gasteiger partial charge < -0.3 is 15.4 Å². The van der Waals surface area contributed by atoms with Crippen LogP contribution in [0.25, 0.3) is 0 Å². The number of piperidine rings is 1. The van der Waals surface area contributed by atoms with Crippen molar-refractivity contribution < 1.29 is 19.1 Å². The van der Waals surface area contributed by atoms with E-state index in [-0.39, 0.29) is 18.4 Å². The zero-order valence-corrected chi connectivity index (χ0v) is 13.5. The smallest absolute Gasteiger partial charge is 0.338 e. The molecule has 6 heteroatoms. The number of carbonyl (C=O) groups is 3. The minimum atomic E-state index is -0.523. The maximum Gasteiger partial charge on any atom is 0.338 e. The summed E-state index contributed by atoms with van der Waals surface area (Å²) >= 11 is 0. The van der Waals surface area contributed by atoms with Crippen LogP contribution in [0.2, 0.25) is 0 Å². The Kier molecular flexibility index (Phi) is 5.36. The molecule has 6 nitrogen and oxygen atoms in total. The molecule has 1 aliphatic rings. The van der Waals surface area contributed by atoms with Gasteiger partial charge in [0, 0.05) is 13.1 Å². The highest BCUT2D eigenvalue weighted by molar-refractivity contribution is 5.91. The first-order chi connectivity index (χ1) is 10.9. The van der Waals surface area contributed by atoms with Gasteiger partial charge in [0.1, 0.15) is 0 Å². The molecule has 1 heterocycles. The normalized spacial score (nSPS) is 17.7. The lowest BCUT2D eigenvalue weighted by atomic mass is 9.97. The van der Waals surface area contributed by atoms with Crippen LogP contribution in [-0.4, -0.2) is 42.4 Å². The Balaban J connectivity index is 1.89. The molecular weight excluding hydrogens is 296 g/mol. The van der Waals surface area contributed by atoms with Gasteiger partial charge in [-0.1, -0.05) is 6.07 Å². The summed E-state index contributed by atoms with van der Waals surface area (Å²) in [5.41, 5.74) is 7.80. The van der Waals surface area contributed by atoms with Crippen molar-refractivity contribution in [1.82, 2.24) is 4.90 Å². The minimum Gasteiger partial charge on any atom is -0.452 e. The van der Waals surface area contributed by atoms with Crippen molar-refractivity contribution in [3.63, 3.8) is 0 Å². The molecule has 0 unspecified atom stereocenters. The van der Waals surface area contributed by atoms with E-state index < -0.39 is 11.9 Å². The maximum atomic E-state index is 12.1. The minimum absolute atomic E-state index is 0.298. The fourth-order valence-corrected chi connectivity index (χ4v) is 2.61. The molecule has 2 N–H and O–H groups in total. The number of benzene rings is 1. The number of likely N-dealkylation sites (tertiary alicyclic amines) is 1. The summed E-state index contributed by atoms with van der Waals surface area (Å²) < 4.78 is 5.09. The van der Waals surface area contributed by atoms with E-state index in [2.05, 4.69) is 0 Å². The maximum absolute atomic E-state index is 12.1. The lowest BCUT2D eigenvalue weighted by Gasteiger charge is -2.31. The van der Waals surface area contributed by atoms with Crippen LogP contribution < -0.4 is 5.73 Å². The summed E-state index contributed by atoms with van der Waals surface area (Å²) in [5, 5.41) is 0. The SMILES string of the molecule is Cc1ccc(C(=O)OCC(=O)N2CCC[C@H](C(N)=O)C2)cc1C. The molecule has 0 spiro atoms. The summed E-state index contributed by atoms with van der Waals surface area (Å²) in [6.07, 6.45) is 1.42. The molecule has 124 valence electrons. The lowest BCUT2D eigenvalue weighted by Crippen LogP contribution is -2.45. The monoisotopic (exact) mass is 318 g/mol. The highest BCUT2D eigenvalue weighted by Gasteiger charge is 2.27. The van der Waals surface area contributed by atoms with Crippen LogP contribution in [0, 0.1) is 19.8 Å². The Morgan fingerprint density at radius 2 is 2.00 bits per heavy atom. The van der Waals surface area contributed by atoms with Gasteiger partial charge >= 0.3 is 5.97 Å². The molecule has 0 aromatic heterocycles. The molecule has 0 bridgehead atoms. The molecule has 1 aromatic rings. The quantitative estimate of drug-likeness (QED) is 0.844. The van der Waals surface area contributed by atoms with Crippen molar-refractivity contribution in [3.05, 3.63) is 34.9 Å². The first-order valence-electron chi connectivity index (χ1n) is 7.70. The standard InChI is InChI=1S/C17H22N2O4/c1-11-5-6-13(8-12(11)2)17(22)23-10-15(20)19-7-3-4-14(9-19)16(18)21/h5-6,8,14H,3-4,7,9-10H2,1-2H3,(H2,18,21)/t14-/m0/s1. The number of rotatable bonds is 4. The van der Waals surface area contributed by atoms with Gasteiger partial charge in [-0.05, 0) is 49.9 Å². The average Bonchev–Trinajstić information content (AvgIpc) is 2.54. The second-order valence-electron chi connectivity index (χ2n) is 5.96. The molecular formula is C17H22N2O4. The molecule has 1 fully saturated rings. The third-order valence-corrected chi connectivity index (χ3v) is 4.25. The van der Waals surface area contributed by atoms with Crippen LogP contribution in [-0.2, 0) is 14.3 Å². The van der Waals surface area contributed by atoms with E-state index in [1.165, 1.54) is 4.90 Å². The summed E-state index contributed by atoms with van der Waals surface area (Å²) in [4.78, 5) is 36.9. The van der Waals surface area contributed by atoms with Crippen LogP contribution in [0.15, 0.2) is 18.2 Å². The van der Waals surface area contributed by atoms with E-state index in [9.17, 15) is 14.4 Å². The first kappa shape index (κ1) is 17.0. The number of ether oxygens (including phenoxy) is 1. The van der Waals surface area contributed by atoms with Gasteiger partial charge in [0.05, 0.1) is 11.5 Å². The van der Waals surface area contributed by atoms with Gasteiger partial charge in [-0.25, -0.2) is 4.79 Å². The molecule has 0 radical (unpaired) electrons. The summed E-state index contributed by atoms with van der Waals surface area (Å²) in [5.74, 6) is -1.53. The van der Waals surface area contributed by atoms with E-state index in [1.807, 2.05) is 19.9 Å². The number of aryl methyl sites for hydroxylation is 2. The van der Waals surface area contributed by atoms with Gasteiger partial charge in [-0.2, -0.15) is 0 Å². The first-order valence-corrected chi connectivity index (χ1v) is 7.70. The number of amides is 2. The number of primary amides is 1. The number of hydrogen-bond donors (Lipinski definition) is 1. The number of hydrogen-bond acceptors (Lipinski definition) is 4. The molecule has 1 aromatic carbocycles. The van der Waals surface area contributed by atoms with E-state index in [0.29, 0.717) is 25.1 Å². The Bertz CT molecular complexity index is 627. The van der Waals surface area contributed by atoms with Crippen molar-refractivity contribution >= 4 is 17.8 Å². The third kappa shape index (κ3) is 4.31. The lowest BCUT2D eigenvalue weighted by molar-refractivity contribution is -0.137. The van der Waals surface area contributed by atoms with Crippen molar-refractivity contribution in [1.29, 1.82) is 0 Å². The number of carbonyl (C=O) groups excluding carboxylic acids is 3. The van der Waals surface area contributed by atoms with Crippen LogP contribution in [0.4, 0.5) is 0 Å². The Hall–Kier alpha value is -2.37. The van der Waals surface area contributed by atoms with E-state index in [1.54, 1.807) is 12.1 Å². The molecule has 0 aliphatic carbocycles. The largest absolute Gasteiger partial charge is 0.452 e. The molecule has 23 heavy (non-hydrogen) atoms. The second-order valence-corrected chi connectivity index (χ2v) is 5.96. The van der Waals surface area contributed by atoms with Crippen LogP contribution in [0.3, 0.4) is 0 Å². The number of nitrogens with zero attached hydrogens (tertiary/aromatic N) is 1. The molecule has 2 amide bonds. The second kappa shape index (κ2) is 7.26. The average molecular weight is 318 g/mol. The van der Waals surface area contributed by atoms with Crippen molar-refractivity contribution in [2.24, 2.45) is 11.7 Å². The Morgan fingerprint density at radius 3 is 2.65 bits per heavy atom. The van der Waals surface area contributed by atoms with Crippen LogP contribution >= 0.6 is 0 Å². The number of nitrogens with two attached hydrogens (primary N) is 1. The highest BCUT2D eigenvalue weighted by atomic mass is 16.5. The van der Waals surface area contributed by atoms with Gasteiger partial charge in [-0.15, -0.1) is 0 Å². The topological polar surface area (TPSA) is 89.7 Å². The van der Waals surface area contributed by atoms with Gasteiger partial charge in [0.25, 0.3) is 5.91 Å². The van der Waals surface area contributed by atoms with E-state index in [4.69, 9.17) is 10.5 Å². The molecule has 2 rings (SSSR count). The molecule has 1 saturated heterocycles. The fourth-order valence-electron chi connectivity index (χ4n) is 2.61. The zero-order chi connectivity index (χ0) is 17.0. The predicted molar refractivity (Wildman–Crippen MR) is 84.7 cm³/mol. The van der Waals surface area contributed by atoms with Crippen molar-refractivity contribution in [3.8, 4) is 0 Å². The highest BCUT2D eigenvalue weighted by Crippen LogP contribution is 2.16. The van der Waals surface area contributed by atoms with E-state index >= 15 is 0 Å². The van der Waals surface area contributed by atoms with Gasteiger partial charge in [-0.3, -0.25) is 9.59 Å². The van der Waals surface area contributed by atoms with Crippen molar-refractivity contribution in [2.75, 3.05) is 19.7 Å². The van der Waals surface area contributed by atoms with Gasteiger partial charge in [0.15, 0.2) is 6.61 Å². The van der Waals surface area contributed by atoms with E-state index in [0.717, 1.165) is 17.5 Å². The summed E-state index contributed by atoms with van der Waals surface area (Å²) in [6, 6.07) is 5.27. The van der Waals surface area contributed by atoms with Crippen LogP contribution in [0.1, 0.15) is 34.3 Å². The fraction of sp³-hybridized carbons (Fsp3) is 0.471. The molecule has 0 saturated carbocycles. The summed E-state index contributed by atoms with van der Waals surface area (Å²) in [7, 11) is 0. The molecule has 1 atom stereocenters. The third-order valence-electron chi connectivity index (χ3n) is 4.25. The van der Waals surface area contributed by atoms with Crippen LogP contribution in [0.5, 0.6) is 0 Å². The summed E-state index contributed by atoms with van der Waals surface area (Å²) in [6.45, 7) is 4.41. The molecule has 1 aliphatic heterocycles. The van der Waals surface area contributed by atoms with Gasteiger partial charge in [0.2, 0.25) is 5.91 Å². The van der Waals surface area contributed by atoms with Crippen molar-refractivity contribution in [2.45, 2.75) is 26.7 Å². The Labute approximate surface area is 135 Å². The number of esters is 1. The zero-order valence-electron chi connectivity index (χ0n) is 13.5. The Morgan fingerprint density at radius 1 is 1.26 bits per heavy atom.